The lowest BCUT2D eigenvalue weighted by Crippen LogP contribution is -2.46. The van der Waals surface area contributed by atoms with E-state index in [1.165, 1.54) is 18.3 Å². The molecule has 1 unspecified atom stereocenters. The summed E-state index contributed by atoms with van der Waals surface area (Å²) in [6.07, 6.45) is 1.42. The Morgan fingerprint density at radius 1 is 1.53 bits per heavy atom. The number of aromatic nitrogens is 1. The average molecular weight is 253 g/mol. The van der Waals surface area contributed by atoms with Crippen molar-refractivity contribution in [2.24, 2.45) is 11.7 Å². The summed E-state index contributed by atoms with van der Waals surface area (Å²) in [4.78, 5) is 25.6. The molecule has 1 atom stereocenters. The van der Waals surface area contributed by atoms with E-state index in [1.807, 2.05) is 13.8 Å². The number of aromatic amines is 1. The van der Waals surface area contributed by atoms with E-state index >= 15 is 0 Å². The molecule has 0 aromatic carbocycles. The minimum atomic E-state index is -0.378. The number of carbonyl (C=O) groups is 1. The van der Waals surface area contributed by atoms with E-state index in [4.69, 9.17) is 18.0 Å². The second-order valence-corrected chi connectivity index (χ2v) is 4.51. The van der Waals surface area contributed by atoms with Crippen LogP contribution in [0.2, 0.25) is 0 Å². The molecular formula is C11H15N3O2S. The van der Waals surface area contributed by atoms with Gasteiger partial charge in [-0.1, -0.05) is 26.1 Å². The third-order valence-electron chi connectivity index (χ3n) is 2.30. The molecule has 0 bridgehead atoms. The molecule has 0 spiro atoms. The van der Waals surface area contributed by atoms with Crippen LogP contribution in [0.4, 0.5) is 0 Å². The third kappa shape index (κ3) is 3.67. The smallest absolute Gasteiger partial charge is 0.252 e. The average Bonchev–Trinajstić information content (AvgIpc) is 2.24. The van der Waals surface area contributed by atoms with Gasteiger partial charge in [-0.05, 0) is 12.0 Å². The van der Waals surface area contributed by atoms with Crippen molar-refractivity contribution in [3.8, 4) is 0 Å². The summed E-state index contributed by atoms with van der Waals surface area (Å²) in [7, 11) is 0. The number of rotatable bonds is 4. The third-order valence-corrected chi connectivity index (χ3v) is 2.55. The molecule has 0 aliphatic carbocycles. The first-order valence-electron chi connectivity index (χ1n) is 5.20. The molecule has 1 rings (SSSR count). The van der Waals surface area contributed by atoms with Gasteiger partial charge < -0.3 is 16.0 Å². The minimum absolute atomic E-state index is 0.0958. The number of hydrogen-bond acceptors (Lipinski definition) is 3. The predicted molar refractivity (Wildman–Crippen MR) is 69.9 cm³/mol. The number of H-pyrrole nitrogens is 1. The van der Waals surface area contributed by atoms with Gasteiger partial charge in [-0.25, -0.2) is 0 Å². The highest BCUT2D eigenvalue weighted by Crippen LogP contribution is 2.03. The second-order valence-electron chi connectivity index (χ2n) is 4.04. The van der Waals surface area contributed by atoms with Crippen molar-refractivity contribution in [3.05, 3.63) is 34.2 Å². The first-order chi connectivity index (χ1) is 7.91. The van der Waals surface area contributed by atoms with Crippen LogP contribution in [0.15, 0.2) is 23.1 Å². The van der Waals surface area contributed by atoms with Gasteiger partial charge in [0.15, 0.2) is 0 Å². The fraction of sp³-hybridized carbons (Fsp3) is 0.364. The molecule has 1 amide bonds. The van der Waals surface area contributed by atoms with Gasteiger partial charge in [0.1, 0.15) is 0 Å². The molecule has 0 aliphatic rings. The number of carbonyl (C=O) groups excluding carboxylic acids is 1. The summed E-state index contributed by atoms with van der Waals surface area (Å²) in [6.45, 7) is 3.81. The van der Waals surface area contributed by atoms with Crippen molar-refractivity contribution in [1.29, 1.82) is 0 Å². The van der Waals surface area contributed by atoms with Gasteiger partial charge in [-0.2, -0.15) is 0 Å². The first-order valence-corrected chi connectivity index (χ1v) is 5.61. The molecular weight excluding hydrogens is 238 g/mol. The SMILES string of the molecule is CC(C)C(NC(=O)c1cc[nH]c(=O)c1)C(N)=S. The van der Waals surface area contributed by atoms with Crippen LogP contribution in [-0.2, 0) is 0 Å². The number of thiocarbonyl (C=S) groups is 1. The van der Waals surface area contributed by atoms with Crippen LogP contribution in [0, 0.1) is 5.92 Å². The summed E-state index contributed by atoms with van der Waals surface area (Å²) < 4.78 is 0. The maximum Gasteiger partial charge on any atom is 0.252 e. The van der Waals surface area contributed by atoms with Crippen molar-refractivity contribution in [2.45, 2.75) is 19.9 Å². The molecule has 0 saturated heterocycles. The molecule has 4 N–H and O–H groups in total. The standard InChI is InChI=1S/C11H15N3O2S/c1-6(2)9(10(12)17)14-11(16)7-3-4-13-8(15)5-7/h3-6,9H,1-2H3,(H2,12,17)(H,13,15)(H,14,16). The molecule has 1 heterocycles. The van der Waals surface area contributed by atoms with Crippen molar-refractivity contribution in [1.82, 2.24) is 10.3 Å². The van der Waals surface area contributed by atoms with Gasteiger partial charge >= 0.3 is 0 Å². The van der Waals surface area contributed by atoms with E-state index in [0.717, 1.165) is 0 Å². The number of pyridine rings is 1. The molecule has 1 aromatic rings. The molecule has 0 radical (unpaired) electrons. The molecule has 92 valence electrons. The monoisotopic (exact) mass is 253 g/mol. The zero-order valence-electron chi connectivity index (χ0n) is 9.69. The number of nitrogens with two attached hydrogens (primary N) is 1. The summed E-state index contributed by atoms with van der Waals surface area (Å²) in [5, 5.41) is 2.70. The van der Waals surface area contributed by atoms with Gasteiger partial charge in [-0.15, -0.1) is 0 Å². The summed E-state index contributed by atoms with van der Waals surface area (Å²) in [6, 6.07) is 2.37. The molecule has 0 aliphatic heterocycles. The lowest BCUT2D eigenvalue weighted by molar-refractivity contribution is 0.0939. The Labute approximate surface area is 104 Å². The molecule has 6 heteroatoms. The van der Waals surface area contributed by atoms with Crippen molar-refractivity contribution in [2.75, 3.05) is 0 Å². The summed E-state index contributed by atoms with van der Waals surface area (Å²) >= 11 is 4.88. The van der Waals surface area contributed by atoms with Crippen LogP contribution in [0.1, 0.15) is 24.2 Å². The van der Waals surface area contributed by atoms with Gasteiger partial charge in [0, 0.05) is 17.8 Å². The van der Waals surface area contributed by atoms with Crippen LogP contribution in [0.5, 0.6) is 0 Å². The van der Waals surface area contributed by atoms with Crippen molar-refractivity contribution in [3.63, 3.8) is 0 Å². The number of hydrogen-bond donors (Lipinski definition) is 3. The minimum Gasteiger partial charge on any atom is -0.392 e. The Morgan fingerprint density at radius 3 is 2.65 bits per heavy atom. The van der Waals surface area contributed by atoms with E-state index in [0.29, 0.717) is 0 Å². The quantitative estimate of drug-likeness (QED) is 0.678. The Hall–Kier alpha value is -1.69. The van der Waals surface area contributed by atoms with Gasteiger partial charge in [-0.3, -0.25) is 9.59 Å². The van der Waals surface area contributed by atoms with Crippen LogP contribution in [0.25, 0.3) is 0 Å². The topological polar surface area (TPSA) is 88.0 Å². The maximum absolute atomic E-state index is 11.8. The van der Waals surface area contributed by atoms with Crippen LogP contribution in [-0.4, -0.2) is 21.9 Å². The Morgan fingerprint density at radius 2 is 2.18 bits per heavy atom. The molecule has 0 saturated carbocycles. The van der Waals surface area contributed by atoms with Crippen molar-refractivity contribution < 1.29 is 4.79 Å². The highest BCUT2D eigenvalue weighted by molar-refractivity contribution is 7.80. The molecule has 5 nitrogen and oxygen atoms in total. The lowest BCUT2D eigenvalue weighted by atomic mass is 10.0. The van der Waals surface area contributed by atoms with E-state index in [9.17, 15) is 9.59 Å². The Balaban J connectivity index is 2.85. The van der Waals surface area contributed by atoms with E-state index < -0.39 is 0 Å². The lowest BCUT2D eigenvalue weighted by Gasteiger charge is -2.20. The predicted octanol–water partition coefficient (Wildman–Crippen LogP) is 0.415. The number of amides is 1. The Bertz CT molecular complexity index is 482. The van der Waals surface area contributed by atoms with Gasteiger partial charge in [0.2, 0.25) is 5.56 Å². The van der Waals surface area contributed by atoms with E-state index in [2.05, 4.69) is 10.3 Å². The van der Waals surface area contributed by atoms with Crippen LogP contribution in [0.3, 0.4) is 0 Å². The fourth-order valence-electron chi connectivity index (χ4n) is 1.38. The Kier molecular flexibility index (Phi) is 4.39. The molecule has 0 fully saturated rings. The second kappa shape index (κ2) is 5.58. The molecule has 17 heavy (non-hydrogen) atoms. The van der Waals surface area contributed by atoms with E-state index in [1.54, 1.807) is 0 Å². The summed E-state index contributed by atoms with van der Waals surface area (Å²) in [5.41, 5.74) is 5.51. The van der Waals surface area contributed by atoms with Gasteiger partial charge in [0.05, 0.1) is 11.0 Å². The van der Waals surface area contributed by atoms with Crippen LogP contribution < -0.4 is 16.6 Å². The van der Waals surface area contributed by atoms with Crippen molar-refractivity contribution >= 4 is 23.1 Å². The highest BCUT2D eigenvalue weighted by Gasteiger charge is 2.19. The largest absolute Gasteiger partial charge is 0.392 e. The first kappa shape index (κ1) is 13.4. The zero-order valence-corrected chi connectivity index (χ0v) is 10.5. The summed E-state index contributed by atoms with van der Waals surface area (Å²) in [5.74, 6) is -0.263. The van der Waals surface area contributed by atoms with Gasteiger partial charge in [0.25, 0.3) is 5.91 Å². The zero-order chi connectivity index (χ0) is 13.0. The maximum atomic E-state index is 11.8. The molecule has 1 aromatic heterocycles. The van der Waals surface area contributed by atoms with Crippen LogP contribution >= 0.6 is 12.2 Å². The fourth-order valence-corrected chi connectivity index (χ4v) is 1.71. The normalized spacial score (nSPS) is 12.2. The highest BCUT2D eigenvalue weighted by atomic mass is 32.1. The van der Waals surface area contributed by atoms with E-state index in [-0.39, 0.29) is 34.0 Å². The number of nitrogens with one attached hydrogen (secondary N) is 2.